The number of benzene rings is 1. The van der Waals surface area contributed by atoms with Gasteiger partial charge in [0.2, 0.25) is 0 Å². The zero-order chi connectivity index (χ0) is 12.7. The van der Waals surface area contributed by atoms with E-state index in [2.05, 4.69) is 22.1 Å². The van der Waals surface area contributed by atoms with Crippen molar-refractivity contribution in [3.05, 3.63) is 58.7 Å². The van der Waals surface area contributed by atoms with Gasteiger partial charge < -0.3 is 5.11 Å². The molecule has 1 unspecified atom stereocenters. The molecular weight excluding hydrogens is 228 g/mol. The lowest BCUT2D eigenvalue weighted by Gasteiger charge is -2.28. The smallest absolute Gasteiger partial charge is 0.339 e. The van der Waals surface area contributed by atoms with Crippen molar-refractivity contribution in [2.24, 2.45) is 0 Å². The topological polar surface area (TPSA) is 63.1 Å². The van der Waals surface area contributed by atoms with Crippen molar-refractivity contribution >= 4 is 5.97 Å². The van der Waals surface area contributed by atoms with E-state index in [1.54, 1.807) is 6.92 Å². The number of hydrogen-bond donors (Lipinski definition) is 1. The fraction of sp³-hybridized carbons (Fsp3) is 0.214. The SMILES string of the molecule is Cc1nc(C2Cc3ccccc32)ncc1C(=O)O. The third-order valence-corrected chi connectivity index (χ3v) is 3.39. The van der Waals surface area contributed by atoms with Crippen LogP contribution in [-0.2, 0) is 6.42 Å². The van der Waals surface area contributed by atoms with Crippen LogP contribution in [0.25, 0.3) is 0 Å². The molecule has 0 radical (unpaired) electrons. The Morgan fingerprint density at radius 1 is 1.39 bits per heavy atom. The predicted octanol–water partition coefficient (Wildman–Crippen LogP) is 2.17. The Labute approximate surface area is 104 Å². The van der Waals surface area contributed by atoms with Gasteiger partial charge in [-0.1, -0.05) is 24.3 Å². The highest BCUT2D eigenvalue weighted by Gasteiger charge is 2.29. The van der Waals surface area contributed by atoms with Crippen LogP contribution in [0.15, 0.2) is 30.5 Å². The number of carboxylic acid groups (broad SMARTS) is 1. The molecule has 18 heavy (non-hydrogen) atoms. The third-order valence-electron chi connectivity index (χ3n) is 3.39. The molecule has 1 atom stereocenters. The molecule has 0 fully saturated rings. The summed E-state index contributed by atoms with van der Waals surface area (Å²) in [5.41, 5.74) is 3.27. The lowest BCUT2D eigenvalue weighted by Crippen LogP contribution is -2.21. The van der Waals surface area contributed by atoms with Gasteiger partial charge in [-0.05, 0) is 24.5 Å². The Morgan fingerprint density at radius 2 is 2.17 bits per heavy atom. The van der Waals surface area contributed by atoms with Gasteiger partial charge >= 0.3 is 5.97 Å². The molecule has 0 bridgehead atoms. The Bertz CT molecular complexity index is 637. The molecule has 3 rings (SSSR count). The zero-order valence-corrected chi connectivity index (χ0v) is 9.92. The van der Waals surface area contributed by atoms with Gasteiger partial charge in [0.1, 0.15) is 5.82 Å². The average Bonchev–Trinajstić information content (AvgIpc) is 2.30. The van der Waals surface area contributed by atoms with E-state index in [9.17, 15) is 4.79 Å². The molecule has 0 amide bonds. The van der Waals surface area contributed by atoms with Crippen LogP contribution in [0.2, 0.25) is 0 Å². The molecule has 4 nitrogen and oxygen atoms in total. The molecule has 1 aliphatic carbocycles. The Hall–Kier alpha value is -2.23. The Morgan fingerprint density at radius 3 is 2.83 bits per heavy atom. The summed E-state index contributed by atoms with van der Waals surface area (Å²) in [4.78, 5) is 19.4. The standard InChI is InChI=1S/C14H12N2O2/c1-8-12(14(17)18)7-15-13(16-8)11-6-9-4-2-3-5-10(9)11/h2-5,7,11H,6H2,1H3,(H,17,18). The highest BCUT2D eigenvalue weighted by atomic mass is 16.4. The first-order valence-corrected chi connectivity index (χ1v) is 5.81. The summed E-state index contributed by atoms with van der Waals surface area (Å²) < 4.78 is 0. The molecule has 1 N–H and O–H groups in total. The molecule has 1 aromatic carbocycles. The number of nitrogens with zero attached hydrogens (tertiary/aromatic N) is 2. The molecule has 1 aliphatic rings. The van der Waals surface area contributed by atoms with Crippen LogP contribution >= 0.6 is 0 Å². The number of carbonyl (C=O) groups is 1. The van der Waals surface area contributed by atoms with E-state index in [4.69, 9.17) is 5.11 Å². The second-order valence-corrected chi connectivity index (χ2v) is 4.49. The first-order chi connectivity index (χ1) is 8.66. The van der Waals surface area contributed by atoms with E-state index >= 15 is 0 Å². The minimum absolute atomic E-state index is 0.173. The van der Waals surface area contributed by atoms with Gasteiger partial charge in [0.15, 0.2) is 0 Å². The zero-order valence-electron chi connectivity index (χ0n) is 9.92. The van der Waals surface area contributed by atoms with Crippen LogP contribution in [0.5, 0.6) is 0 Å². The molecule has 4 heteroatoms. The monoisotopic (exact) mass is 240 g/mol. The number of aromatic nitrogens is 2. The number of aromatic carboxylic acids is 1. The molecule has 2 aromatic rings. The van der Waals surface area contributed by atoms with Gasteiger partial charge in [-0.2, -0.15) is 0 Å². The van der Waals surface area contributed by atoms with E-state index in [0.717, 1.165) is 12.2 Å². The Balaban J connectivity index is 1.97. The fourth-order valence-electron chi connectivity index (χ4n) is 2.35. The van der Waals surface area contributed by atoms with E-state index in [1.807, 2.05) is 12.1 Å². The first-order valence-electron chi connectivity index (χ1n) is 5.81. The summed E-state index contributed by atoms with van der Waals surface area (Å²) in [5, 5.41) is 8.94. The van der Waals surface area contributed by atoms with E-state index in [-0.39, 0.29) is 11.5 Å². The summed E-state index contributed by atoms with van der Waals surface area (Å²) in [6, 6.07) is 8.20. The van der Waals surface area contributed by atoms with Gasteiger partial charge in [-0.3, -0.25) is 0 Å². The summed E-state index contributed by atoms with van der Waals surface area (Å²) in [5.74, 6) is -0.0491. The maximum atomic E-state index is 10.9. The fourth-order valence-corrected chi connectivity index (χ4v) is 2.35. The quantitative estimate of drug-likeness (QED) is 0.873. The second-order valence-electron chi connectivity index (χ2n) is 4.49. The van der Waals surface area contributed by atoms with Crippen molar-refractivity contribution in [2.75, 3.05) is 0 Å². The van der Waals surface area contributed by atoms with Gasteiger partial charge in [-0.25, -0.2) is 14.8 Å². The number of aryl methyl sites for hydroxylation is 1. The molecule has 0 aliphatic heterocycles. The minimum atomic E-state index is -0.979. The van der Waals surface area contributed by atoms with Gasteiger partial charge in [0.25, 0.3) is 0 Å². The van der Waals surface area contributed by atoms with Crippen molar-refractivity contribution in [2.45, 2.75) is 19.3 Å². The first kappa shape index (κ1) is 10.9. The van der Waals surface area contributed by atoms with Crippen molar-refractivity contribution in [1.82, 2.24) is 9.97 Å². The number of hydrogen-bond acceptors (Lipinski definition) is 3. The van der Waals surface area contributed by atoms with Gasteiger partial charge in [0.05, 0.1) is 11.3 Å². The number of rotatable bonds is 2. The minimum Gasteiger partial charge on any atom is -0.478 e. The summed E-state index contributed by atoms with van der Waals surface area (Å²) >= 11 is 0. The van der Waals surface area contributed by atoms with Crippen LogP contribution in [0.3, 0.4) is 0 Å². The maximum Gasteiger partial charge on any atom is 0.339 e. The third kappa shape index (κ3) is 1.57. The highest BCUT2D eigenvalue weighted by Crippen LogP contribution is 2.38. The van der Waals surface area contributed by atoms with E-state index in [0.29, 0.717) is 5.69 Å². The van der Waals surface area contributed by atoms with Crippen molar-refractivity contribution in [3.8, 4) is 0 Å². The van der Waals surface area contributed by atoms with Crippen LogP contribution in [0, 0.1) is 6.92 Å². The summed E-state index contributed by atoms with van der Waals surface area (Å²) in [6.07, 6.45) is 2.34. The second kappa shape index (κ2) is 3.91. The molecule has 0 spiro atoms. The number of fused-ring (bicyclic) bond motifs is 1. The van der Waals surface area contributed by atoms with Crippen molar-refractivity contribution in [1.29, 1.82) is 0 Å². The van der Waals surface area contributed by atoms with Crippen LogP contribution in [0.4, 0.5) is 0 Å². The highest BCUT2D eigenvalue weighted by molar-refractivity contribution is 5.88. The van der Waals surface area contributed by atoms with Gasteiger partial charge in [-0.15, -0.1) is 0 Å². The molecule has 1 aromatic heterocycles. The van der Waals surface area contributed by atoms with E-state index in [1.165, 1.54) is 17.3 Å². The molecule has 0 saturated carbocycles. The molecule has 1 heterocycles. The lowest BCUT2D eigenvalue weighted by atomic mass is 9.77. The van der Waals surface area contributed by atoms with Crippen molar-refractivity contribution < 1.29 is 9.90 Å². The summed E-state index contributed by atoms with van der Waals surface area (Å²) in [6.45, 7) is 1.71. The van der Waals surface area contributed by atoms with Crippen molar-refractivity contribution in [3.63, 3.8) is 0 Å². The lowest BCUT2D eigenvalue weighted by molar-refractivity contribution is 0.0695. The van der Waals surface area contributed by atoms with Crippen LogP contribution in [-0.4, -0.2) is 21.0 Å². The van der Waals surface area contributed by atoms with E-state index < -0.39 is 5.97 Å². The molecule has 90 valence electrons. The number of carboxylic acids is 1. The predicted molar refractivity (Wildman–Crippen MR) is 65.7 cm³/mol. The summed E-state index contributed by atoms with van der Waals surface area (Å²) in [7, 11) is 0. The van der Waals surface area contributed by atoms with Crippen LogP contribution in [0.1, 0.15) is 38.9 Å². The largest absolute Gasteiger partial charge is 0.478 e. The normalized spacial score (nSPS) is 16.8. The average molecular weight is 240 g/mol. The Kier molecular flexibility index (Phi) is 2.37. The maximum absolute atomic E-state index is 10.9. The molecule has 0 saturated heterocycles. The van der Waals surface area contributed by atoms with Crippen LogP contribution < -0.4 is 0 Å². The molecular formula is C14H12N2O2. The van der Waals surface area contributed by atoms with Gasteiger partial charge in [0, 0.05) is 12.1 Å².